The number of nitriles is 1. The normalized spacial score (nSPS) is 10.0. The van der Waals surface area contributed by atoms with Crippen LogP contribution in [-0.4, -0.2) is 18.3 Å². The van der Waals surface area contributed by atoms with E-state index >= 15 is 0 Å². The minimum absolute atomic E-state index is 0.0479. The second kappa shape index (κ2) is 6.60. The van der Waals surface area contributed by atoms with Gasteiger partial charge in [-0.1, -0.05) is 30.3 Å². The summed E-state index contributed by atoms with van der Waals surface area (Å²) in [4.78, 5) is 2.01. The average molecular weight is 267 g/mol. The molecule has 0 spiro atoms. The standard InChI is InChI=1S/C16H17N3O/c17-11-14-6-7-16(15(18)10-14)19(8-9-20)12-13-4-2-1-3-5-13/h1-7,10,20H,8-9,12,18H2. The molecule has 0 bridgehead atoms. The molecule has 102 valence electrons. The van der Waals surface area contributed by atoms with Crippen molar-refractivity contribution in [1.29, 1.82) is 5.26 Å². The Balaban J connectivity index is 2.27. The third kappa shape index (κ3) is 3.28. The van der Waals surface area contributed by atoms with Gasteiger partial charge in [0.25, 0.3) is 0 Å². The van der Waals surface area contributed by atoms with Crippen LogP contribution in [0.15, 0.2) is 48.5 Å². The molecule has 0 aliphatic heterocycles. The average Bonchev–Trinajstić information content (AvgIpc) is 2.48. The summed E-state index contributed by atoms with van der Waals surface area (Å²) in [5.41, 5.74) is 9.07. The highest BCUT2D eigenvalue weighted by Gasteiger charge is 2.10. The summed E-state index contributed by atoms with van der Waals surface area (Å²) in [5, 5.41) is 18.1. The lowest BCUT2D eigenvalue weighted by Gasteiger charge is -2.25. The van der Waals surface area contributed by atoms with Gasteiger partial charge in [-0.2, -0.15) is 5.26 Å². The predicted octanol–water partition coefficient (Wildman–Crippen LogP) is 2.14. The molecule has 20 heavy (non-hydrogen) atoms. The van der Waals surface area contributed by atoms with Crippen LogP contribution in [0.4, 0.5) is 11.4 Å². The van der Waals surface area contributed by atoms with Crippen LogP contribution in [0.5, 0.6) is 0 Å². The molecule has 0 heterocycles. The Morgan fingerprint density at radius 1 is 1.15 bits per heavy atom. The molecule has 0 fully saturated rings. The number of aliphatic hydroxyl groups is 1. The summed E-state index contributed by atoms with van der Waals surface area (Å²) in [5.74, 6) is 0. The predicted molar refractivity (Wildman–Crippen MR) is 80.1 cm³/mol. The van der Waals surface area contributed by atoms with Gasteiger partial charge in [0.1, 0.15) is 0 Å². The van der Waals surface area contributed by atoms with E-state index < -0.39 is 0 Å². The third-order valence-corrected chi connectivity index (χ3v) is 3.08. The summed E-state index contributed by atoms with van der Waals surface area (Å²) in [6, 6.07) is 17.3. The maximum Gasteiger partial charge on any atom is 0.0992 e. The van der Waals surface area contributed by atoms with Crippen molar-refractivity contribution in [3.63, 3.8) is 0 Å². The van der Waals surface area contributed by atoms with E-state index in [-0.39, 0.29) is 6.61 Å². The molecule has 0 aliphatic rings. The van der Waals surface area contributed by atoms with E-state index in [0.29, 0.717) is 24.3 Å². The van der Waals surface area contributed by atoms with Crippen LogP contribution >= 0.6 is 0 Å². The zero-order valence-electron chi connectivity index (χ0n) is 11.2. The fraction of sp³-hybridized carbons (Fsp3) is 0.188. The van der Waals surface area contributed by atoms with Gasteiger partial charge in [-0.05, 0) is 23.8 Å². The monoisotopic (exact) mass is 267 g/mol. The van der Waals surface area contributed by atoms with Crippen molar-refractivity contribution in [2.45, 2.75) is 6.54 Å². The first kappa shape index (κ1) is 13.9. The molecule has 0 atom stereocenters. The lowest BCUT2D eigenvalue weighted by atomic mass is 10.1. The van der Waals surface area contributed by atoms with Crippen LogP contribution in [0, 0.1) is 11.3 Å². The van der Waals surface area contributed by atoms with Crippen LogP contribution in [0.3, 0.4) is 0 Å². The van der Waals surface area contributed by atoms with Crippen molar-refractivity contribution in [2.75, 3.05) is 23.8 Å². The van der Waals surface area contributed by atoms with Gasteiger partial charge in [-0.15, -0.1) is 0 Å². The minimum Gasteiger partial charge on any atom is -0.397 e. The Bertz CT molecular complexity index is 605. The number of nitrogens with two attached hydrogens (primary N) is 1. The smallest absolute Gasteiger partial charge is 0.0992 e. The number of aliphatic hydroxyl groups excluding tert-OH is 1. The molecule has 0 amide bonds. The van der Waals surface area contributed by atoms with Crippen molar-refractivity contribution in [2.24, 2.45) is 0 Å². The maximum atomic E-state index is 9.23. The van der Waals surface area contributed by atoms with Gasteiger partial charge in [-0.25, -0.2) is 0 Å². The first-order valence-corrected chi connectivity index (χ1v) is 6.44. The molecule has 0 saturated heterocycles. The van der Waals surface area contributed by atoms with Crippen LogP contribution in [0.1, 0.15) is 11.1 Å². The summed E-state index contributed by atoms with van der Waals surface area (Å²) in [6.07, 6.45) is 0. The summed E-state index contributed by atoms with van der Waals surface area (Å²) in [7, 11) is 0. The largest absolute Gasteiger partial charge is 0.397 e. The molecule has 0 saturated carbocycles. The fourth-order valence-electron chi connectivity index (χ4n) is 2.12. The first-order chi connectivity index (χ1) is 9.74. The minimum atomic E-state index is 0.0479. The molecule has 0 radical (unpaired) electrons. The van der Waals surface area contributed by atoms with Crippen molar-refractivity contribution in [3.8, 4) is 6.07 Å². The van der Waals surface area contributed by atoms with Crippen LogP contribution < -0.4 is 10.6 Å². The van der Waals surface area contributed by atoms with Crippen LogP contribution in [0.2, 0.25) is 0 Å². The van der Waals surface area contributed by atoms with E-state index in [1.807, 2.05) is 41.3 Å². The van der Waals surface area contributed by atoms with E-state index in [1.54, 1.807) is 12.1 Å². The van der Waals surface area contributed by atoms with Gasteiger partial charge in [0, 0.05) is 13.1 Å². The maximum absolute atomic E-state index is 9.23. The van der Waals surface area contributed by atoms with Crippen molar-refractivity contribution in [3.05, 3.63) is 59.7 Å². The zero-order valence-corrected chi connectivity index (χ0v) is 11.2. The number of rotatable bonds is 5. The Morgan fingerprint density at radius 3 is 2.50 bits per heavy atom. The zero-order chi connectivity index (χ0) is 14.4. The number of benzene rings is 2. The second-order valence-corrected chi connectivity index (χ2v) is 4.52. The van der Waals surface area contributed by atoms with Crippen molar-refractivity contribution < 1.29 is 5.11 Å². The van der Waals surface area contributed by atoms with E-state index in [4.69, 9.17) is 11.0 Å². The quantitative estimate of drug-likeness (QED) is 0.814. The van der Waals surface area contributed by atoms with E-state index in [0.717, 1.165) is 11.3 Å². The number of nitrogens with zero attached hydrogens (tertiary/aromatic N) is 2. The molecule has 2 aromatic rings. The molecule has 0 aromatic heterocycles. The highest BCUT2D eigenvalue weighted by molar-refractivity contribution is 5.69. The van der Waals surface area contributed by atoms with Gasteiger partial charge in [0.15, 0.2) is 0 Å². The molecule has 2 rings (SSSR count). The Labute approximate surface area is 118 Å². The topological polar surface area (TPSA) is 73.3 Å². The van der Waals surface area contributed by atoms with Gasteiger partial charge < -0.3 is 15.7 Å². The number of hydrogen-bond donors (Lipinski definition) is 2. The Hall–Kier alpha value is -2.51. The number of anilines is 2. The van der Waals surface area contributed by atoms with Crippen LogP contribution in [-0.2, 0) is 6.54 Å². The molecule has 3 N–H and O–H groups in total. The fourth-order valence-corrected chi connectivity index (χ4v) is 2.12. The first-order valence-electron chi connectivity index (χ1n) is 6.44. The highest BCUT2D eigenvalue weighted by atomic mass is 16.3. The molecule has 4 heteroatoms. The molecule has 2 aromatic carbocycles. The number of hydrogen-bond acceptors (Lipinski definition) is 4. The second-order valence-electron chi connectivity index (χ2n) is 4.52. The van der Waals surface area contributed by atoms with Gasteiger partial charge >= 0.3 is 0 Å². The van der Waals surface area contributed by atoms with E-state index in [1.165, 1.54) is 0 Å². The Kier molecular flexibility index (Phi) is 4.59. The highest BCUT2D eigenvalue weighted by Crippen LogP contribution is 2.25. The lowest BCUT2D eigenvalue weighted by molar-refractivity contribution is 0.301. The van der Waals surface area contributed by atoms with E-state index in [2.05, 4.69) is 6.07 Å². The van der Waals surface area contributed by atoms with Crippen molar-refractivity contribution in [1.82, 2.24) is 0 Å². The summed E-state index contributed by atoms with van der Waals surface area (Å²) in [6.45, 7) is 1.20. The number of nitrogen functional groups attached to an aromatic ring is 1. The van der Waals surface area contributed by atoms with Gasteiger partial charge in [0.05, 0.1) is 29.6 Å². The van der Waals surface area contributed by atoms with Crippen LogP contribution in [0.25, 0.3) is 0 Å². The van der Waals surface area contributed by atoms with E-state index in [9.17, 15) is 5.11 Å². The Morgan fingerprint density at radius 2 is 1.90 bits per heavy atom. The third-order valence-electron chi connectivity index (χ3n) is 3.08. The SMILES string of the molecule is N#Cc1ccc(N(CCO)Cc2ccccc2)c(N)c1. The molecule has 0 unspecified atom stereocenters. The molecular weight excluding hydrogens is 250 g/mol. The summed E-state index contributed by atoms with van der Waals surface area (Å²) < 4.78 is 0. The molecular formula is C16H17N3O. The van der Waals surface area contributed by atoms with Gasteiger partial charge in [-0.3, -0.25) is 0 Å². The molecule has 0 aliphatic carbocycles. The molecule has 4 nitrogen and oxygen atoms in total. The van der Waals surface area contributed by atoms with Crippen molar-refractivity contribution >= 4 is 11.4 Å². The van der Waals surface area contributed by atoms with Gasteiger partial charge in [0.2, 0.25) is 0 Å². The lowest BCUT2D eigenvalue weighted by Crippen LogP contribution is -2.26. The summed E-state index contributed by atoms with van der Waals surface area (Å²) >= 11 is 0.